The van der Waals surface area contributed by atoms with Gasteiger partial charge in [-0.3, -0.25) is 4.79 Å². The van der Waals surface area contributed by atoms with Crippen molar-refractivity contribution in [2.24, 2.45) is 5.10 Å². The number of nitrogens with one attached hydrogen (secondary N) is 1. The number of amides is 1. The van der Waals surface area contributed by atoms with Gasteiger partial charge in [0, 0.05) is 14.2 Å². The Kier molecular flexibility index (Phi) is 7.11. The average molecular weight is 571 g/mol. The SMILES string of the molecule is Cc1cc(OCC(=O)NN=Cc2cc(I)cc(I)c2O)ccc1Cl. The highest BCUT2D eigenvalue weighted by molar-refractivity contribution is 14.1. The highest BCUT2D eigenvalue weighted by Crippen LogP contribution is 2.25. The van der Waals surface area contributed by atoms with E-state index in [-0.39, 0.29) is 12.4 Å². The van der Waals surface area contributed by atoms with Crippen LogP contribution in [0.4, 0.5) is 0 Å². The third kappa shape index (κ3) is 5.49. The largest absolute Gasteiger partial charge is 0.506 e. The summed E-state index contributed by atoms with van der Waals surface area (Å²) in [4.78, 5) is 11.7. The number of rotatable bonds is 5. The molecule has 2 aromatic carbocycles. The van der Waals surface area contributed by atoms with Crippen molar-refractivity contribution in [3.63, 3.8) is 0 Å². The minimum atomic E-state index is -0.404. The van der Waals surface area contributed by atoms with Crippen LogP contribution in [0.3, 0.4) is 0 Å². The highest BCUT2D eigenvalue weighted by atomic mass is 127. The molecular weight excluding hydrogens is 557 g/mol. The fourth-order valence-electron chi connectivity index (χ4n) is 1.75. The van der Waals surface area contributed by atoms with Crippen molar-refractivity contribution in [2.45, 2.75) is 6.92 Å². The molecule has 0 radical (unpaired) electrons. The molecule has 0 aliphatic heterocycles. The fourth-order valence-corrected chi connectivity index (χ4v) is 3.75. The Hall–Kier alpha value is -1.07. The number of hydrogen-bond donors (Lipinski definition) is 2. The van der Waals surface area contributed by atoms with Gasteiger partial charge in [0.05, 0.1) is 9.78 Å². The van der Waals surface area contributed by atoms with Gasteiger partial charge in [0.25, 0.3) is 5.91 Å². The molecule has 0 spiro atoms. The summed E-state index contributed by atoms with van der Waals surface area (Å²) in [6.07, 6.45) is 1.39. The average Bonchev–Trinajstić information content (AvgIpc) is 2.53. The Balaban J connectivity index is 1.90. The van der Waals surface area contributed by atoms with Gasteiger partial charge in [-0.15, -0.1) is 0 Å². The van der Waals surface area contributed by atoms with E-state index >= 15 is 0 Å². The molecule has 126 valence electrons. The molecule has 0 heterocycles. The van der Waals surface area contributed by atoms with Crippen LogP contribution in [0.1, 0.15) is 11.1 Å². The van der Waals surface area contributed by atoms with Gasteiger partial charge >= 0.3 is 0 Å². The van der Waals surface area contributed by atoms with Crippen LogP contribution in [0.15, 0.2) is 35.4 Å². The van der Waals surface area contributed by atoms with Crippen LogP contribution >= 0.6 is 56.8 Å². The summed E-state index contributed by atoms with van der Waals surface area (Å²) in [6, 6.07) is 8.77. The van der Waals surface area contributed by atoms with E-state index in [1.165, 1.54) is 6.21 Å². The minimum absolute atomic E-state index is 0.127. The molecule has 0 aliphatic rings. The van der Waals surface area contributed by atoms with E-state index < -0.39 is 5.91 Å². The first-order valence-electron chi connectivity index (χ1n) is 6.75. The summed E-state index contributed by atoms with van der Waals surface area (Å²) in [5.41, 5.74) is 3.76. The first-order chi connectivity index (χ1) is 11.4. The Morgan fingerprint density at radius 1 is 1.38 bits per heavy atom. The summed E-state index contributed by atoms with van der Waals surface area (Å²) in [7, 11) is 0. The number of phenolic OH excluding ortho intramolecular Hbond substituents is 1. The number of aromatic hydroxyl groups is 1. The van der Waals surface area contributed by atoms with Gasteiger partial charge in [-0.25, -0.2) is 5.43 Å². The van der Waals surface area contributed by atoms with Crippen molar-refractivity contribution in [1.82, 2.24) is 5.43 Å². The van der Waals surface area contributed by atoms with Gasteiger partial charge in [0.1, 0.15) is 11.5 Å². The third-order valence-electron chi connectivity index (χ3n) is 2.95. The molecule has 0 aromatic heterocycles. The van der Waals surface area contributed by atoms with Gasteiger partial charge < -0.3 is 9.84 Å². The Morgan fingerprint density at radius 2 is 2.12 bits per heavy atom. The van der Waals surface area contributed by atoms with E-state index in [0.717, 1.165) is 9.13 Å². The Labute approximate surface area is 171 Å². The lowest BCUT2D eigenvalue weighted by molar-refractivity contribution is -0.123. The number of benzene rings is 2. The number of hydrazone groups is 1. The number of carbonyl (C=O) groups excluding carboxylic acids is 1. The lowest BCUT2D eigenvalue weighted by Gasteiger charge is -2.07. The van der Waals surface area contributed by atoms with E-state index in [1.807, 2.05) is 35.6 Å². The maximum absolute atomic E-state index is 11.7. The van der Waals surface area contributed by atoms with Crippen LogP contribution in [0.2, 0.25) is 5.02 Å². The van der Waals surface area contributed by atoms with Crippen LogP contribution in [0.25, 0.3) is 0 Å². The molecule has 2 rings (SSSR count). The van der Waals surface area contributed by atoms with E-state index in [4.69, 9.17) is 16.3 Å². The molecule has 1 amide bonds. The van der Waals surface area contributed by atoms with Crippen molar-refractivity contribution >= 4 is 68.9 Å². The molecule has 0 fully saturated rings. The minimum Gasteiger partial charge on any atom is -0.506 e. The number of halogens is 3. The molecule has 5 nitrogen and oxygen atoms in total. The fraction of sp³-hybridized carbons (Fsp3) is 0.125. The van der Waals surface area contributed by atoms with Gasteiger partial charge in [0.15, 0.2) is 6.61 Å². The predicted molar refractivity (Wildman–Crippen MR) is 111 cm³/mol. The first kappa shape index (κ1) is 19.3. The van der Waals surface area contributed by atoms with Crippen molar-refractivity contribution < 1.29 is 14.6 Å². The van der Waals surface area contributed by atoms with Gasteiger partial charge in [-0.05, 0) is 88.0 Å². The number of hydrogen-bond acceptors (Lipinski definition) is 4. The lowest BCUT2D eigenvalue weighted by atomic mass is 10.2. The number of carbonyl (C=O) groups is 1. The van der Waals surface area contributed by atoms with Crippen LogP contribution in [-0.2, 0) is 4.79 Å². The second-order valence-electron chi connectivity index (χ2n) is 4.82. The van der Waals surface area contributed by atoms with E-state index in [0.29, 0.717) is 19.9 Å². The lowest BCUT2D eigenvalue weighted by Crippen LogP contribution is -2.24. The van der Waals surface area contributed by atoms with Crippen molar-refractivity contribution in [1.29, 1.82) is 0 Å². The summed E-state index contributed by atoms with van der Waals surface area (Å²) in [5.74, 6) is 0.279. The predicted octanol–water partition coefficient (Wildman–Crippen LogP) is 4.09. The zero-order valence-electron chi connectivity index (χ0n) is 12.5. The standard InChI is InChI=1S/C16H13ClI2N2O3/c1-9-4-12(2-3-13(9)17)24-8-15(22)21-20-7-10-5-11(18)6-14(19)16(10)23/h2-7,23H,8H2,1H3,(H,21,22). The third-order valence-corrected chi connectivity index (χ3v) is 4.82. The summed E-state index contributed by atoms with van der Waals surface area (Å²) >= 11 is 10.1. The van der Waals surface area contributed by atoms with E-state index in [2.05, 4.69) is 33.1 Å². The molecular formula is C16H13ClI2N2O3. The smallest absolute Gasteiger partial charge is 0.277 e. The number of ether oxygens (including phenoxy) is 1. The van der Waals surface area contributed by atoms with Gasteiger partial charge in [-0.1, -0.05) is 11.6 Å². The Bertz CT molecular complexity index is 797. The van der Waals surface area contributed by atoms with Crippen LogP contribution in [0, 0.1) is 14.1 Å². The summed E-state index contributed by atoms with van der Waals surface area (Å²) in [5, 5.41) is 14.4. The van der Waals surface area contributed by atoms with E-state index in [9.17, 15) is 9.90 Å². The molecule has 0 saturated heterocycles. The van der Waals surface area contributed by atoms with Crippen molar-refractivity contribution in [3.8, 4) is 11.5 Å². The summed E-state index contributed by atoms with van der Waals surface area (Å²) in [6.45, 7) is 1.68. The number of nitrogens with zero attached hydrogens (tertiary/aromatic N) is 1. The Morgan fingerprint density at radius 3 is 2.83 bits per heavy atom. The molecule has 8 heteroatoms. The zero-order chi connectivity index (χ0) is 17.7. The second-order valence-corrected chi connectivity index (χ2v) is 7.63. The van der Waals surface area contributed by atoms with Crippen LogP contribution < -0.4 is 10.2 Å². The number of aryl methyl sites for hydroxylation is 1. The van der Waals surface area contributed by atoms with Crippen LogP contribution in [0.5, 0.6) is 11.5 Å². The van der Waals surface area contributed by atoms with Crippen LogP contribution in [-0.4, -0.2) is 23.8 Å². The quantitative estimate of drug-likeness (QED) is 0.323. The maximum atomic E-state index is 11.7. The molecule has 0 aliphatic carbocycles. The monoisotopic (exact) mass is 570 g/mol. The normalized spacial score (nSPS) is 10.8. The van der Waals surface area contributed by atoms with Crippen molar-refractivity contribution in [2.75, 3.05) is 6.61 Å². The molecule has 0 bridgehead atoms. The zero-order valence-corrected chi connectivity index (χ0v) is 17.6. The summed E-state index contributed by atoms with van der Waals surface area (Å²) < 4.78 is 7.05. The molecule has 24 heavy (non-hydrogen) atoms. The molecule has 2 N–H and O–H groups in total. The van der Waals surface area contributed by atoms with Gasteiger partial charge in [0.2, 0.25) is 0 Å². The highest BCUT2D eigenvalue weighted by Gasteiger charge is 2.06. The first-order valence-corrected chi connectivity index (χ1v) is 9.29. The maximum Gasteiger partial charge on any atom is 0.277 e. The second kappa shape index (κ2) is 8.86. The molecule has 0 unspecified atom stereocenters. The number of phenols is 1. The van der Waals surface area contributed by atoms with E-state index in [1.54, 1.807) is 24.3 Å². The molecule has 2 aromatic rings. The topological polar surface area (TPSA) is 70.9 Å². The molecule has 0 atom stereocenters. The van der Waals surface area contributed by atoms with Crippen molar-refractivity contribution in [3.05, 3.63) is 53.6 Å². The van der Waals surface area contributed by atoms with Gasteiger partial charge in [-0.2, -0.15) is 5.10 Å². The molecule has 0 saturated carbocycles.